The number of benzene rings is 3. The molecule has 16 nitrogen and oxygen atoms in total. The SMILES string of the molecule is CC(C)[C@@H](CC(=O)[C@H](CC(=O)O)NC(=O)[C@H](CC(=O)[C@H](Cc1c[nH]c2ccccc12)NC(=O)c1ccc(CNC(=O)c2cc(O)c(O)c(O)c2)cc1)C(C)C)C(=O)O. The highest BCUT2D eigenvalue weighted by Crippen LogP contribution is 2.35. The molecule has 0 bridgehead atoms. The molecule has 0 unspecified atom stereocenters. The molecule has 16 heteroatoms. The van der Waals surface area contributed by atoms with Gasteiger partial charge < -0.3 is 46.5 Å². The number of carbonyl (C=O) groups is 7. The minimum atomic E-state index is -1.53. The highest BCUT2D eigenvalue weighted by molar-refractivity contribution is 6.00. The van der Waals surface area contributed by atoms with Crippen LogP contribution in [0.3, 0.4) is 0 Å². The number of phenols is 3. The van der Waals surface area contributed by atoms with Gasteiger partial charge in [0, 0.05) is 60.0 Å². The zero-order chi connectivity index (χ0) is 42.8. The van der Waals surface area contributed by atoms with E-state index >= 15 is 0 Å². The molecule has 0 aliphatic rings. The van der Waals surface area contributed by atoms with Crippen molar-refractivity contribution in [2.45, 2.75) is 72.0 Å². The molecule has 0 spiro atoms. The summed E-state index contributed by atoms with van der Waals surface area (Å²) in [5, 5.41) is 56.8. The summed E-state index contributed by atoms with van der Waals surface area (Å²) in [6.07, 6.45) is 0.0909. The third-order valence-corrected chi connectivity index (χ3v) is 9.98. The van der Waals surface area contributed by atoms with Crippen molar-refractivity contribution in [1.29, 1.82) is 0 Å². The van der Waals surface area contributed by atoms with E-state index in [4.69, 9.17) is 0 Å². The maximum atomic E-state index is 14.1. The van der Waals surface area contributed by atoms with Crippen molar-refractivity contribution in [2.24, 2.45) is 23.7 Å². The van der Waals surface area contributed by atoms with Gasteiger partial charge in [-0.1, -0.05) is 58.0 Å². The third-order valence-electron chi connectivity index (χ3n) is 9.98. The number of H-pyrrole nitrogens is 1. The van der Waals surface area contributed by atoms with E-state index in [0.29, 0.717) is 11.1 Å². The van der Waals surface area contributed by atoms with Crippen LogP contribution < -0.4 is 16.0 Å². The normalized spacial score (nSPS) is 13.3. The van der Waals surface area contributed by atoms with Gasteiger partial charge >= 0.3 is 11.9 Å². The van der Waals surface area contributed by atoms with E-state index in [1.165, 1.54) is 12.1 Å². The van der Waals surface area contributed by atoms with Gasteiger partial charge in [0.1, 0.15) is 0 Å². The Balaban J connectivity index is 1.52. The van der Waals surface area contributed by atoms with Gasteiger partial charge in [0.25, 0.3) is 11.8 Å². The summed E-state index contributed by atoms with van der Waals surface area (Å²) in [6.45, 7) is 6.59. The summed E-state index contributed by atoms with van der Waals surface area (Å²) in [5.41, 5.74) is 2.17. The Kier molecular flexibility index (Phi) is 14.7. The Morgan fingerprint density at radius 3 is 1.84 bits per heavy atom. The topological polar surface area (TPSA) is 273 Å². The quantitative estimate of drug-likeness (QED) is 0.0573. The smallest absolute Gasteiger partial charge is 0.307 e. The lowest BCUT2D eigenvalue weighted by Crippen LogP contribution is -2.48. The molecule has 3 amide bonds. The number of fused-ring (bicyclic) bond motifs is 1. The second-order valence-corrected chi connectivity index (χ2v) is 14.9. The van der Waals surface area contributed by atoms with E-state index in [0.717, 1.165) is 23.0 Å². The Hall–Kier alpha value is -6.71. The first-order valence-corrected chi connectivity index (χ1v) is 18.6. The van der Waals surface area contributed by atoms with E-state index in [1.807, 2.05) is 24.3 Å². The van der Waals surface area contributed by atoms with Crippen LogP contribution in [-0.2, 0) is 36.9 Å². The predicted molar refractivity (Wildman–Crippen MR) is 210 cm³/mol. The number of aromatic nitrogens is 1. The molecule has 4 atom stereocenters. The van der Waals surface area contributed by atoms with Crippen LogP contribution in [0, 0.1) is 23.7 Å². The molecule has 0 saturated carbocycles. The summed E-state index contributed by atoms with van der Waals surface area (Å²) < 4.78 is 0. The van der Waals surface area contributed by atoms with Crippen molar-refractivity contribution in [3.8, 4) is 17.2 Å². The number of amides is 3. The van der Waals surface area contributed by atoms with Crippen LogP contribution >= 0.6 is 0 Å². The second-order valence-electron chi connectivity index (χ2n) is 14.9. The zero-order valence-corrected chi connectivity index (χ0v) is 32.4. The number of aromatic hydroxyl groups is 3. The van der Waals surface area contributed by atoms with Gasteiger partial charge in [-0.2, -0.15) is 0 Å². The standard InChI is InChI=1S/C42H48N4O12/c1-21(2)28(41(56)46-32(18-37(51)52)34(48)17-29(22(3)4)42(57)58)16-33(47)31(13-26-20-43-30-8-6-5-7-27(26)30)45-40(55)24-11-9-23(10-12-24)19-44-39(54)25-14-35(49)38(53)36(50)15-25/h5-12,14-15,20-22,28-29,31-32,43,49-50,53H,13,16-19H2,1-4H3,(H,44,54)(H,45,55)(H,46,56)(H,51,52)(H,57,58)/t28-,29-,31+,32+/m1/s1. The molecule has 0 aliphatic heterocycles. The Morgan fingerprint density at radius 1 is 0.672 bits per heavy atom. The first kappa shape index (κ1) is 44.0. The van der Waals surface area contributed by atoms with Crippen LogP contribution in [-0.4, -0.2) is 83.8 Å². The maximum Gasteiger partial charge on any atom is 0.307 e. The van der Waals surface area contributed by atoms with E-state index in [2.05, 4.69) is 20.9 Å². The largest absolute Gasteiger partial charge is 0.504 e. The van der Waals surface area contributed by atoms with Gasteiger partial charge in [-0.3, -0.25) is 33.6 Å². The number of phenolic OH excluding ortho intramolecular Hbond substituents is 3. The van der Waals surface area contributed by atoms with Gasteiger partial charge in [0.2, 0.25) is 5.91 Å². The lowest BCUT2D eigenvalue weighted by Gasteiger charge is -2.26. The fourth-order valence-electron chi connectivity index (χ4n) is 6.46. The van der Waals surface area contributed by atoms with Crippen molar-refractivity contribution < 1.29 is 59.1 Å². The number of carbonyl (C=O) groups excluding carboxylic acids is 5. The highest BCUT2D eigenvalue weighted by atomic mass is 16.4. The first-order valence-electron chi connectivity index (χ1n) is 18.6. The lowest BCUT2D eigenvalue weighted by molar-refractivity contribution is -0.146. The summed E-state index contributed by atoms with van der Waals surface area (Å²) in [4.78, 5) is 93.8. The molecule has 0 saturated heterocycles. The van der Waals surface area contributed by atoms with Crippen LogP contribution in [0.1, 0.15) is 78.8 Å². The third kappa shape index (κ3) is 11.4. The number of hydrogen-bond acceptors (Lipinski definition) is 10. The Morgan fingerprint density at radius 2 is 1.26 bits per heavy atom. The molecular weight excluding hydrogens is 752 g/mol. The molecule has 4 aromatic rings. The van der Waals surface area contributed by atoms with Crippen molar-refractivity contribution >= 4 is 52.1 Å². The molecule has 0 aliphatic carbocycles. The summed E-state index contributed by atoms with van der Waals surface area (Å²) in [6, 6.07) is 12.8. The van der Waals surface area contributed by atoms with Gasteiger partial charge in [0.05, 0.1) is 24.4 Å². The van der Waals surface area contributed by atoms with Gasteiger partial charge in [-0.15, -0.1) is 0 Å². The molecule has 308 valence electrons. The van der Waals surface area contributed by atoms with Crippen molar-refractivity contribution in [1.82, 2.24) is 20.9 Å². The van der Waals surface area contributed by atoms with E-state index in [-0.39, 0.29) is 30.5 Å². The van der Waals surface area contributed by atoms with E-state index in [1.54, 1.807) is 46.0 Å². The molecule has 3 aromatic carbocycles. The first-order chi connectivity index (χ1) is 27.4. The maximum absolute atomic E-state index is 14.1. The van der Waals surface area contributed by atoms with Crippen molar-refractivity contribution in [3.63, 3.8) is 0 Å². The predicted octanol–water partition coefficient (Wildman–Crippen LogP) is 4.06. The number of hydrogen-bond donors (Lipinski definition) is 9. The number of para-hydroxylation sites is 1. The highest BCUT2D eigenvalue weighted by Gasteiger charge is 2.35. The van der Waals surface area contributed by atoms with Crippen LogP contribution in [0.25, 0.3) is 10.9 Å². The van der Waals surface area contributed by atoms with Crippen LogP contribution in [0.2, 0.25) is 0 Å². The van der Waals surface area contributed by atoms with Gasteiger partial charge in [-0.05, 0) is 53.3 Å². The molecule has 1 aromatic heterocycles. The fourth-order valence-corrected chi connectivity index (χ4v) is 6.46. The van der Waals surface area contributed by atoms with Gasteiger partial charge in [-0.25, -0.2) is 0 Å². The van der Waals surface area contributed by atoms with Crippen LogP contribution in [0.5, 0.6) is 17.2 Å². The minimum absolute atomic E-state index is 0.000246. The minimum Gasteiger partial charge on any atom is -0.504 e. The molecule has 0 radical (unpaired) electrons. The lowest BCUT2D eigenvalue weighted by atomic mass is 9.85. The van der Waals surface area contributed by atoms with Crippen LogP contribution in [0.15, 0.2) is 66.9 Å². The average Bonchev–Trinajstić information content (AvgIpc) is 3.58. The monoisotopic (exact) mass is 800 g/mol. The van der Waals surface area contributed by atoms with Gasteiger partial charge in [0.15, 0.2) is 28.8 Å². The average molecular weight is 801 g/mol. The molecule has 58 heavy (non-hydrogen) atoms. The molecule has 4 rings (SSSR count). The number of ketones is 2. The number of carboxylic acids is 2. The molecule has 9 N–H and O–H groups in total. The molecule has 1 heterocycles. The van der Waals surface area contributed by atoms with Crippen molar-refractivity contribution in [2.75, 3.05) is 0 Å². The summed E-state index contributed by atoms with van der Waals surface area (Å²) >= 11 is 0. The number of carboxylic acid groups (broad SMARTS) is 2. The van der Waals surface area contributed by atoms with Crippen molar-refractivity contribution in [3.05, 3.63) is 89.1 Å². The Bertz CT molecular complexity index is 2150. The number of nitrogens with one attached hydrogen (secondary N) is 4. The number of aliphatic carboxylic acids is 2. The number of Topliss-reactive ketones (excluding diaryl/α,β-unsaturated/α-hetero) is 2. The van der Waals surface area contributed by atoms with Crippen LogP contribution in [0.4, 0.5) is 0 Å². The zero-order valence-electron chi connectivity index (χ0n) is 32.4. The second kappa shape index (κ2) is 19.4. The number of aromatic amines is 1. The number of rotatable bonds is 20. The molecule has 0 fully saturated rings. The van der Waals surface area contributed by atoms with E-state index in [9.17, 15) is 59.1 Å². The summed E-state index contributed by atoms with van der Waals surface area (Å²) in [7, 11) is 0. The summed E-state index contributed by atoms with van der Waals surface area (Å²) in [5.74, 6) is -11.1. The Labute approximate surface area is 333 Å². The fraction of sp³-hybridized carbons (Fsp3) is 0.357. The molecular formula is C42H48N4O12. The van der Waals surface area contributed by atoms with E-state index < -0.39 is 107 Å².